The molecule has 2 heterocycles. The Bertz CT molecular complexity index is 1280. The largest absolute Gasteiger partial charge is 0.480 e. The number of aryl methyl sites for hydroxylation is 3. The number of aromatic nitrogens is 2. The smallest absolute Gasteiger partial charge is 0.326 e. The van der Waals surface area contributed by atoms with Crippen LogP contribution >= 0.6 is 11.6 Å². The molecule has 4 rings (SSSR count). The molecule has 1 aromatic heterocycles. The molecule has 0 radical (unpaired) electrons. The minimum absolute atomic E-state index is 0.0382. The van der Waals surface area contributed by atoms with Gasteiger partial charge in [-0.25, -0.2) is 22.3 Å². The SMILES string of the molecule is Cc1cc(N2C[C@H](S(=O)(=O)c3ccc(F)cc3Cl)C[C@H]2C(=O)O)n(CCc2ccccc2)n1. The van der Waals surface area contributed by atoms with Gasteiger partial charge in [0.25, 0.3) is 0 Å². The third-order valence-electron chi connectivity index (χ3n) is 5.82. The lowest BCUT2D eigenvalue weighted by Crippen LogP contribution is -2.37. The number of carboxylic acids is 1. The van der Waals surface area contributed by atoms with Crippen LogP contribution in [-0.4, -0.2) is 47.1 Å². The first kappa shape index (κ1) is 23.3. The summed E-state index contributed by atoms with van der Waals surface area (Å²) >= 11 is 6.01. The van der Waals surface area contributed by atoms with E-state index >= 15 is 0 Å². The third-order valence-corrected chi connectivity index (χ3v) is 8.43. The Morgan fingerprint density at radius 2 is 1.94 bits per heavy atom. The molecule has 2 aromatic carbocycles. The molecule has 1 aliphatic rings. The molecule has 174 valence electrons. The van der Waals surface area contributed by atoms with Crippen molar-refractivity contribution < 1.29 is 22.7 Å². The first-order valence-corrected chi connectivity index (χ1v) is 12.4. The number of carboxylic acid groups (broad SMARTS) is 1. The lowest BCUT2D eigenvalue weighted by molar-refractivity contribution is -0.138. The zero-order valence-corrected chi connectivity index (χ0v) is 19.4. The summed E-state index contributed by atoms with van der Waals surface area (Å²) < 4.78 is 41.7. The van der Waals surface area contributed by atoms with Crippen LogP contribution < -0.4 is 4.90 Å². The summed E-state index contributed by atoms with van der Waals surface area (Å²) in [4.78, 5) is 13.4. The van der Waals surface area contributed by atoms with Crippen molar-refractivity contribution in [1.82, 2.24) is 9.78 Å². The highest BCUT2D eigenvalue weighted by Gasteiger charge is 2.45. The van der Waals surface area contributed by atoms with Gasteiger partial charge in [-0.2, -0.15) is 5.10 Å². The summed E-state index contributed by atoms with van der Waals surface area (Å²) in [6.07, 6.45) is 0.571. The molecule has 0 bridgehead atoms. The standard InChI is InChI=1S/C23H23ClFN3O4S/c1-15-11-22(28(26-15)10-9-16-5-3-2-4-6-16)27-14-18(13-20(27)23(29)30)33(31,32)21-8-7-17(25)12-19(21)24/h2-8,11-12,18,20H,9-10,13-14H2,1H3,(H,29,30)/t18-,20+/m1/s1. The molecule has 0 unspecified atom stereocenters. The van der Waals surface area contributed by atoms with Crippen LogP contribution in [0.2, 0.25) is 5.02 Å². The molecule has 1 fully saturated rings. The van der Waals surface area contributed by atoms with Gasteiger partial charge in [-0.3, -0.25) is 0 Å². The third kappa shape index (κ3) is 4.74. The minimum Gasteiger partial charge on any atom is -0.480 e. The summed E-state index contributed by atoms with van der Waals surface area (Å²) in [5.41, 5.74) is 1.81. The van der Waals surface area contributed by atoms with E-state index in [1.54, 1.807) is 22.6 Å². The molecule has 0 aliphatic carbocycles. The van der Waals surface area contributed by atoms with Gasteiger partial charge >= 0.3 is 5.97 Å². The maximum absolute atomic E-state index is 13.4. The second-order valence-corrected chi connectivity index (χ2v) is 10.7. The molecule has 3 aromatic rings. The maximum atomic E-state index is 13.4. The maximum Gasteiger partial charge on any atom is 0.326 e. The number of benzene rings is 2. The molecule has 7 nitrogen and oxygen atoms in total. The summed E-state index contributed by atoms with van der Waals surface area (Å²) in [5.74, 6) is -1.21. The van der Waals surface area contributed by atoms with Gasteiger partial charge in [0.1, 0.15) is 17.7 Å². The van der Waals surface area contributed by atoms with E-state index in [2.05, 4.69) is 5.10 Å². The fraction of sp³-hybridized carbons (Fsp3) is 0.304. The lowest BCUT2D eigenvalue weighted by atomic mass is 10.1. The number of hydrogen-bond donors (Lipinski definition) is 1. The number of hydrogen-bond acceptors (Lipinski definition) is 5. The van der Waals surface area contributed by atoms with Crippen LogP contribution in [0, 0.1) is 12.7 Å². The van der Waals surface area contributed by atoms with Gasteiger partial charge in [0, 0.05) is 19.2 Å². The predicted molar refractivity (Wildman–Crippen MR) is 123 cm³/mol. The fourth-order valence-electron chi connectivity index (χ4n) is 4.20. The van der Waals surface area contributed by atoms with Gasteiger partial charge < -0.3 is 10.0 Å². The molecule has 0 amide bonds. The van der Waals surface area contributed by atoms with Crippen molar-refractivity contribution in [3.63, 3.8) is 0 Å². The second-order valence-electron chi connectivity index (χ2n) is 8.09. The first-order chi connectivity index (χ1) is 15.7. The van der Waals surface area contributed by atoms with E-state index in [1.165, 1.54) is 0 Å². The van der Waals surface area contributed by atoms with Crippen molar-refractivity contribution in [2.45, 2.75) is 42.5 Å². The molecule has 1 N–H and O–H groups in total. The Morgan fingerprint density at radius 3 is 2.61 bits per heavy atom. The van der Waals surface area contributed by atoms with Crippen LogP contribution in [0.25, 0.3) is 0 Å². The van der Waals surface area contributed by atoms with Crippen molar-refractivity contribution in [1.29, 1.82) is 0 Å². The number of aliphatic carboxylic acids is 1. The number of rotatable bonds is 7. The molecule has 0 spiro atoms. The van der Waals surface area contributed by atoms with E-state index in [-0.39, 0.29) is 22.9 Å². The highest BCUT2D eigenvalue weighted by molar-refractivity contribution is 7.92. The summed E-state index contributed by atoms with van der Waals surface area (Å²) in [6.45, 7) is 2.28. The average Bonchev–Trinajstić information content (AvgIpc) is 3.37. The van der Waals surface area contributed by atoms with Gasteiger partial charge in [-0.15, -0.1) is 0 Å². The predicted octanol–water partition coefficient (Wildman–Crippen LogP) is 3.73. The van der Waals surface area contributed by atoms with E-state index in [1.807, 2.05) is 30.3 Å². The number of sulfone groups is 1. The number of nitrogens with zero attached hydrogens (tertiary/aromatic N) is 3. The zero-order valence-electron chi connectivity index (χ0n) is 17.9. The molecule has 1 saturated heterocycles. The second kappa shape index (κ2) is 9.15. The van der Waals surface area contributed by atoms with Crippen LogP contribution in [-0.2, 0) is 27.6 Å². The summed E-state index contributed by atoms with van der Waals surface area (Å²) in [7, 11) is -3.99. The topological polar surface area (TPSA) is 92.5 Å². The highest BCUT2D eigenvalue weighted by Crippen LogP contribution is 2.35. The Labute approximate surface area is 196 Å². The van der Waals surface area contributed by atoms with Gasteiger partial charge in [0.05, 0.1) is 20.9 Å². The summed E-state index contributed by atoms with van der Waals surface area (Å²) in [6, 6.07) is 13.6. The number of carbonyl (C=O) groups is 1. The number of halogens is 2. The van der Waals surface area contributed by atoms with E-state index in [0.717, 1.165) is 23.8 Å². The van der Waals surface area contributed by atoms with E-state index in [4.69, 9.17) is 11.6 Å². The molecule has 0 saturated carbocycles. The first-order valence-electron chi connectivity index (χ1n) is 10.4. The number of anilines is 1. The average molecular weight is 492 g/mol. The van der Waals surface area contributed by atoms with Crippen molar-refractivity contribution in [2.24, 2.45) is 0 Å². The van der Waals surface area contributed by atoms with Gasteiger partial charge in [-0.05, 0) is 43.5 Å². The van der Waals surface area contributed by atoms with Crippen LogP contribution in [0.15, 0.2) is 59.5 Å². The lowest BCUT2D eigenvalue weighted by Gasteiger charge is -2.24. The Morgan fingerprint density at radius 1 is 1.21 bits per heavy atom. The minimum atomic E-state index is -3.99. The summed E-state index contributed by atoms with van der Waals surface area (Å²) in [5, 5.41) is 13.1. The molecule has 33 heavy (non-hydrogen) atoms. The Kier molecular flexibility index (Phi) is 6.45. The molecule has 1 aliphatic heterocycles. The Balaban J connectivity index is 1.63. The van der Waals surface area contributed by atoms with Crippen LogP contribution in [0.3, 0.4) is 0 Å². The van der Waals surface area contributed by atoms with E-state index in [9.17, 15) is 22.7 Å². The van der Waals surface area contributed by atoms with Gasteiger partial charge in [0.15, 0.2) is 9.84 Å². The van der Waals surface area contributed by atoms with Gasteiger partial charge in [0.2, 0.25) is 0 Å². The normalized spacial score (nSPS) is 18.6. The van der Waals surface area contributed by atoms with Crippen molar-refractivity contribution in [3.05, 3.63) is 76.7 Å². The quantitative estimate of drug-likeness (QED) is 0.506. The van der Waals surface area contributed by atoms with Gasteiger partial charge in [-0.1, -0.05) is 41.9 Å². The molecular weight excluding hydrogens is 469 g/mol. The van der Waals surface area contributed by atoms with Crippen LogP contribution in [0.4, 0.5) is 10.2 Å². The van der Waals surface area contributed by atoms with Crippen LogP contribution in [0.5, 0.6) is 0 Å². The molecule has 10 heteroatoms. The van der Waals surface area contributed by atoms with E-state index in [0.29, 0.717) is 24.5 Å². The fourth-order valence-corrected chi connectivity index (χ4v) is 6.43. The zero-order chi connectivity index (χ0) is 23.8. The van der Waals surface area contributed by atoms with Crippen molar-refractivity contribution in [3.8, 4) is 0 Å². The van der Waals surface area contributed by atoms with Crippen molar-refractivity contribution >= 4 is 33.2 Å². The van der Waals surface area contributed by atoms with Crippen LogP contribution in [0.1, 0.15) is 17.7 Å². The van der Waals surface area contributed by atoms with E-state index < -0.39 is 32.9 Å². The monoisotopic (exact) mass is 491 g/mol. The molecular formula is C23H23ClFN3O4S. The Hall–Kier alpha value is -2.91. The van der Waals surface area contributed by atoms with Crippen molar-refractivity contribution in [2.75, 3.05) is 11.4 Å². The highest BCUT2D eigenvalue weighted by atomic mass is 35.5. The molecule has 2 atom stereocenters.